The fraction of sp³-hybridized carbons (Fsp3) is 0.208. The van der Waals surface area contributed by atoms with Gasteiger partial charge in [0.2, 0.25) is 5.91 Å². The standard InChI is InChI=1S/C24H24N4O2S/c1-15-6-5-7-20(16(15)2)27-21(29)12-28(3)23-22-19(13-31-24(22)26-14-25-23)17-8-10-18(30-4)11-9-17/h5-11,13-14H,12H2,1-4H3,(H,27,29). The Kier molecular flexibility index (Phi) is 5.86. The van der Waals surface area contributed by atoms with Crippen LogP contribution in [0.3, 0.4) is 0 Å². The van der Waals surface area contributed by atoms with Gasteiger partial charge in [-0.15, -0.1) is 11.3 Å². The van der Waals surface area contributed by atoms with Gasteiger partial charge in [-0.3, -0.25) is 4.79 Å². The summed E-state index contributed by atoms with van der Waals surface area (Å²) in [5, 5.41) is 6.04. The number of fused-ring (bicyclic) bond motifs is 1. The third-order valence-electron chi connectivity index (χ3n) is 5.37. The summed E-state index contributed by atoms with van der Waals surface area (Å²) in [5.41, 5.74) is 5.14. The van der Waals surface area contributed by atoms with Crippen LogP contribution in [0.4, 0.5) is 11.5 Å². The highest BCUT2D eigenvalue weighted by Gasteiger charge is 2.18. The molecule has 0 saturated carbocycles. The molecule has 0 spiro atoms. The number of amides is 1. The average molecular weight is 433 g/mol. The zero-order chi connectivity index (χ0) is 22.0. The van der Waals surface area contributed by atoms with Gasteiger partial charge in [-0.1, -0.05) is 24.3 Å². The molecule has 0 saturated heterocycles. The fourth-order valence-corrected chi connectivity index (χ4v) is 4.41. The summed E-state index contributed by atoms with van der Waals surface area (Å²) >= 11 is 1.57. The van der Waals surface area contributed by atoms with Crippen LogP contribution >= 0.6 is 11.3 Å². The lowest BCUT2D eigenvalue weighted by molar-refractivity contribution is -0.114. The number of nitrogens with one attached hydrogen (secondary N) is 1. The molecule has 2 aromatic heterocycles. The van der Waals surface area contributed by atoms with Crippen LogP contribution in [0.25, 0.3) is 21.3 Å². The first-order chi connectivity index (χ1) is 15.0. The number of rotatable bonds is 6. The number of aromatic nitrogens is 2. The van der Waals surface area contributed by atoms with E-state index in [0.29, 0.717) is 0 Å². The molecule has 0 bridgehead atoms. The smallest absolute Gasteiger partial charge is 0.243 e. The zero-order valence-electron chi connectivity index (χ0n) is 18.0. The molecule has 0 radical (unpaired) electrons. The molecule has 0 atom stereocenters. The zero-order valence-corrected chi connectivity index (χ0v) is 18.8. The Morgan fingerprint density at radius 3 is 2.65 bits per heavy atom. The van der Waals surface area contributed by atoms with Gasteiger partial charge in [0.25, 0.3) is 0 Å². The monoisotopic (exact) mass is 432 g/mol. The number of hydrogen-bond donors (Lipinski definition) is 1. The van der Waals surface area contributed by atoms with Crippen molar-refractivity contribution in [3.63, 3.8) is 0 Å². The van der Waals surface area contributed by atoms with Crippen LogP contribution < -0.4 is 15.0 Å². The van der Waals surface area contributed by atoms with Crippen molar-refractivity contribution < 1.29 is 9.53 Å². The fourth-order valence-electron chi connectivity index (χ4n) is 3.50. The van der Waals surface area contributed by atoms with Crippen LogP contribution in [0.2, 0.25) is 0 Å². The van der Waals surface area contributed by atoms with Gasteiger partial charge in [-0.25, -0.2) is 9.97 Å². The second kappa shape index (κ2) is 8.73. The molecule has 1 N–H and O–H groups in total. The number of carbonyl (C=O) groups excluding carboxylic acids is 1. The van der Waals surface area contributed by atoms with Gasteiger partial charge in [0.1, 0.15) is 22.7 Å². The van der Waals surface area contributed by atoms with Crippen molar-refractivity contribution in [3.8, 4) is 16.9 Å². The minimum Gasteiger partial charge on any atom is -0.497 e. The summed E-state index contributed by atoms with van der Waals surface area (Å²) in [5.74, 6) is 1.44. The minimum atomic E-state index is -0.0933. The Balaban J connectivity index is 1.62. The third kappa shape index (κ3) is 4.22. The number of aryl methyl sites for hydroxylation is 1. The van der Waals surface area contributed by atoms with Crippen molar-refractivity contribution in [3.05, 3.63) is 65.3 Å². The quantitative estimate of drug-likeness (QED) is 0.461. The van der Waals surface area contributed by atoms with Gasteiger partial charge in [0, 0.05) is 23.7 Å². The van der Waals surface area contributed by atoms with E-state index in [1.807, 2.05) is 68.3 Å². The minimum absolute atomic E-state index is 0.0933. The number of ether oxygens (including phenoxy) is 1. The molecule has 6 nitrogen and oxygen atoms in total. The Morgan fingerprint density at radius 2 is 1.90 bits per heavy atom. The number of methoxy groups -OCH3 is 1. The van der Waals surface area contributed by atoms with Crippen LogP contribution in [0, 0.1) is 13.8 Å². The molecule has 2 aromatic carbocycles. The number of benzene rings is 2. The third-order valence-corrected chi connectivity index (χ3v) is 6.26. The molecule has 0 unspecified atom stereocenters. The average Bonchev–Trinajstić information content (AvgIpc) is 3.21. The maximum absolute atomic E-state index is 12.8. The first-order valence-electron chi connectivity index (χ1n) is 9.91. The van der Waals surface area contributed by atoms with Gasteiger partial charge in [0.05, 0.1) is 19.0 Å². The topological polar surface area (TPSA) is 67.4 Å². The Labute approximate surface area is 185 Å². The summed E-state index contributed by atoms with van der Waals surface area (Å²) in [4.78, 5) is 24.4. The second-order valence-electron chi connectivity index (χ2n) is 7.41. The van der Waals surface area contributed by atoms with Gasteiger partial charge in [0.15, 0.2) is 0 Å². The molecule has 0 fully saturated rings. The first-order valence-corrected chi connectivity index (χ1v) is 10.8. The number of hydrogen-bond acceptors (Lipinski definition) is 6. The van der Waals surface area contributed by atoms with E-state index in [1.165, 1.54) is 0 Å². The summed E-state index contributed by atoms with van der Waals surface area (Å²) in [7, 11) is 3.53. The Morgan fingerprint density at radius 1 is 1.13 bits per heavy atom. The van der Waals surface area contributed by atoms with E-state index in [4.69, 9.17) is 4.74 Å². The molecular formula is C24H24N4O2S. The van der Waals surface area contributed by atoms with Crippen LogP contribution in [0.15, 0.2) is 54.2 Å². The SMILES string of the molecule is COc1ccc(-c2csc3ncnc(N(C)CC(=O)Nc4cccc(C)c4C)c23)cc1. The Hall–Kier alpha value is -3.45. The van der Waals surface area contributed by atoms with Crippen LogP contribution in [0.5, 0.6) is 5.75 Å². The van der Waals surface area contributed by atoms with Gasteiger partial charge < -0.3 is 15.0 Å². The number of likely N-dealkylation sites (N-methyl/N-ethyl adjacent to an activating group) is 1. The van der Waals surface area contributed by atoms with Crippen molar-refractivity contribution >= 4 is 39.0 Å². The van der Waals surface area contributed by atoms with E-state index < -0.39 is 0 Å². The molecule has 158 valence electrons. The predicted octanol–water partition coefficient (Wildman–Crippen LogP) is 5.06. The molecule has 0 aliphatic carbocycles. The van der Waals surface area contributed by atoms with Crippen molar-refractivity contribution in [2.45, 2.75) is 13.8 Å². The lowest BCUT2D eigenvalue weighted by atomic mass is 10.1. The van der Waals surface area contributed by atoms with Crippen molar-refractivity contribution in [1.82, 2.24) is 9.97 Å². The van der Waals surface area contributed by atoms with E-state index >= 15 is 0 Å². The van der Waals surface area contributed by atoms with E-state index in [9.17, 15) is 4.79 Å². The van der Waals surface area contributed by atoms with E-state index in [1.54, 1.807) is 24.8 Å². The van der Waals surface area contributed by atoms with Gasteiger partial charge >= 0.3 is 0 Å². The van der Waals surface area contributed by atoms with E-state index in [-0.39, 0.29) is 12.5 Å². The molecule has 2 heterocycles. The van der Waals surface area contributed by atoms with E-state index in [0.717, 1.165) is 49.7 Å². The van der Waals surface area contributed by atoms with Gasteiger partial charge in [-0.2, -0.15) is 0 Å². The van der Waals surface area contributed by atoms with Crippen molar-refractivity contribution in [1.29, 1.82) is 0 Å². The molecule has 1 amide bonds. The summed E-state index contributed by atoms with van der Waals surface area (Å²) in [6.07, 6.45) is 1.55. The summed E-state index contributed by atoms with van der Waals surface area (Å²) in [6, 6.07) is 13.8. The summed E-state index contributed by atoms with van der Waals surface area (Å²) in [6.45, 7) is 4.22. The Bertz CT molecular complexity index is 1230. The molecule has 4 aromatic rings. The maximum atomic E-state index is 12.8. The molecule has 7 heteroatoms. The highest BCUT2D eigenvalue weighted by Crippen LogP contribution is 2.38. The van der Waals surface area contributed by atoms with Crippen LogP contribution in [-0.2, 0) is 4.79 Å². The normalized spacial score (nSPS) is 10.8. The van der Waals surface area contributed by atoms with Crippen molar-refractivity contribution in [2.24, 2.45) is 0 Å². The van der Waals surface area contributed by atoms with Crippen LogP contribution in [-0.4, -0.2) is 36.6 Å². The first kappa shape index (κ1) is 20.8. The number of nitrogens with zero attached hydrogens (tertiary/aromatic N) is 3. The van der Waals surface area contributed by atoms with E-state index in [2.05, 4.69) is 20.7 Å². The summed E-state index contributed by atoms with van der Waals surface area (Å²) < 4.78 is 5.27. The van der Waals surface area contributed by atoms with Crippen molar-refractivity contribution in [2.75, 3.05) is 30.9 Å². The van der Waals surface area contributed by atoms with Crippen LogP contribution in [0.1, 0.15) is 11.1 Å². The number of carbonyl (C=O) groups is 1. The second-order valence-corrected chi connectivity index (χ2v) is 8.27. The maximum Gasteiger partial charge on any atom is 0.243 e. The molecule has 31 heavy (non-hydrogen) atoms. The predicted molar refractivity (Wildman–Crippen MR) is 127 cm³/mol. The highest BCUT2D eigenvalue weighted by atomic mass is 32.1. The van der Waals surface area contributed by atoms with Gasteiger partial charge in [-0.05, 0) is 48.7 Å². The highest BCUT2D eigenvalue weighted by molar-refractivity contribution is 7.17. The molecule has 4 rings (SSSR count). The molecule has 0 aliphatic heterocycles. The lowest BCUT2D eigenvalue weighted by Crippen LogP contribution is -2.31. The molecule has 0 aliphatic rings. The number of anilines is 2. The number of thiophene rings is 1. The largest absolute Gasteiger partial charge is 0.497 e. The molecular weight excluding hydrogens is 408 g/mol. The lowest BCUT2D eigenvalue weighted by Gasteiger charge is -2.19.